The molecular weight excluding hydrogens is 288 g/mol. The fourth-order valence-corrected chi connectivity index (χ4v) is 2.16. The van der Waals surface area contributed by atoms with Crippen molar-refractivity contribution in [2.24, 2.45) is 0 Å². The molecule has 0 radical (unpaired) electrons. The van der Waals surface area contributed by atoms with Crippen molar-refractivity contribution in [3.05, 3.63) is 52.7 Å². The highest BCUT2D eigenvalue weighted by Crippen LogP contribution is 2.17. The molecule has 0 saturated carbocycles. The van der Waals surface area contributed by atoms with Gasteiger partial charge in [-0.2, -0.15) is 5.26 Å². The summed E-state index contributed by atoms with van der Waals surface area (Å²) in [7, 11) is 0. The molecule has 0 aliphatic heterocycles. The maximum atomic E-state index is 9.03. The molecule has 0 unspecified atom stereocenters. The van der Waals surface area contributed by atoms with Gasteiger partial charge in [-0.25, -0.2) is 0 Å². The monoisotopic (exact) mass is 302 g/mol. The number of hydrogen-bond acceptors (Lipinski definition) is 5. The van der Waals surface area contributed by atoms with E-state index in [1.807, 2.05) is 35.2 Å². The van der Waals surface area contributed by atoms with E-state index < -0.39 is 0 Å². The highest BCUT2D eigenvalue weighted by molar-refractivity contribution is 6.30. The molecule has 0 saturated heterocycles. The van der Waals surface area contributed by atoms with Gasteiger partial charge in [0, 0.05) is 24.7 Å². The summed E-state index contributed by atoms with van der Waals surface area (Å²) in [6, 6.07) is 12.9. The smallest absolute Gasteiger partial charge is 0.163 e. The van der Waals surface area contributed by atoms with Crippen molar-refractivity contribution < 1.29 is 5.11 Å². The third-order valence-electron chi connectivity index (χ3n) is 2.94. The third kappa shape index (κ3) is 4.42. The lowest BCUT2D eigenvalue weighted by atomic mass is 10.2. The van der Waals surface area contributed by atoms with Crippen LogP contribution in [0.3, 0.4) is 0 Å². The molecule has 0 amide bonds. The van der Waals surface area contributed by atoms with Crippen LogP contribution in [0, 0.1) is 11.3 Å². The van der Waals surface area contributed by atoms with Crippen LogP contribution in [0.5, 0.6) is 0 Å². The summed E-state index contributed by atoms with van der Waals surface area (Å²) in [5.41, 5.74) is 1.33. The van der Waals surface area contributed by atoms with E-state index in [-0.39, 0.29) is 12.3 Å². The minimum absolute atomic E-state index is 0.107. The zero-order chi connectivity index (χ0) is 15.1. The first-order chi connectivity index (χ1) is 10.2. The molecule has 1 heterocycles. The lowest BCUT2D eigenvalue weighted by Gasteiger charge is -2.23. The van der Waals surface area contributed by atoms with Gasteiger partial charge < -0.3 is 10.0 Å². The Labute approximate surface area is 128 Å². The van der Waals surface area contributed by atoms with Gasteiger partial charge in [0.1, 0.15) is 6.07 Å². The number of rotatable bonds is 6. The summed E-state index contributed by atoms with van der Waals surface area (Å²) < 4.78 is 0. The van der Waals surface area contributed by atoms with Crippen LogP contribution in [0.15, 0.2) is 36.4 Å². The molecule has 0 atom stereocenters. The molecule has 0 aliphatic rings. The first-order valence-electron chi connectivity index (χ1n) is 6.57. The maximum Gasteiger partial charge on any atom is 0.163 e. The Hall–Kier alpha value is -2.16. The Morgan fingerprint density at radius 3 is 2.71 bits per heavy atom. The van der Waals surface area contributed by atoms with Gasteiger partial charge in [0.2, 0.25) is 0 Å². The van der Waals surface area contributed by atoms with E-state index in [0.717, 1.165) is 5.56 Å². The molecule has 1 aromatic carbocycles. The van der Waals surface area contributed by atoms with Crippen LogP contribution in [0.1, 0.15) is 17.7 Å². The van der Waals surface area contributed by atoms with Crippen LogP contribution in [0.2, 0.25) is 5.02 Å². The SMILES string of the molecule is N#Cc1ccc(N(CCCO)Cc2cccc(Cl)c2)nn1. The average Bonchev–Trinajstić information content (AvgIpc) is 2.51. The predicted molar refractivity (Wildman–Crippen MR) is 81.0 cm³/mol. The second-order valence-electron chi connectivity index (χ2n) is 4.52. The summed E-state index contributed by atoms with van der Waals surface area (Å²) in [5, 5.41) is 26.4. The third-order valence-corrected chi connectivity index (χ3v) is 3.17. The molecule has 108 valence electrons. The maximum absolute atomic E-state index is 9.03. The normalized spacial score (nSPS) is 10.1. The van der Waals surface area contributed by atoms with Crippen molar-refractivity contribution in [2.45, 2.75) is 13.0 Å². The average molecular weight is 303 g/mol. The minimum atomic E-state index is 0.107. The van der Waals surface area contributed by atoms with Crippen LogP contribution in [-0.4, -0.2) is 28.5 Å². The number of nitrogens with zero attached hydrogens (tertiary/aromatic N) is 4. The molecule has 1 N–H and O–H groups in total. The molecule has 2 rings (SSSR count). The number of halogens is 1. The first-order valence-corrected chi connectivity index (χ1v) is 6.95. The van der Waals surface area contributed by atoms with E-state index in [4.69, 9.17) is 22.0 Å². The first kappa shape index (κ1) is 15.2. The second-order valence-corrected chi connectivity index (χ2v) is 4.95. The highest BCUT2D eigenvalue weighted by Gasteiger charge is 2.10. The Balaban J connectivity index is 2.18. The molecule has 0 fully saturated rings. The van der Waals surface area contributed by atoms with Gasteiger partial charge in [0.25, 0.3) is 0 Å². The number of hydrogen-bond donors (Lipinski definition) is 1. The lowest BCUT2D eigenvalue weighted by molar-refractivity contribution is 0.289. The predicted octanol–water partition coefficient (Wildman–Crippen LogP) is 2.39. The second kappa shape index (κ2) is 7.58. The number of anilines is 1. The van der Waals surface area contributed by atoms with E-state index in [9.17, 15) is 0 Å². The van der Waals surface area contributed by atoms with Crippen LogP contribution in [0.25, 0.3) is 0 Å². The zero-order valence-electron chi connectivity index (χ0n) is 11.4. The molecule has 21 heavy (non-hydrogen) atoms. The van der Waals surface area contributed by atoms with Gasteiger partial charge in [-0.15, -0.1) is 10.2 Å². The van der Waals surface area contributed by atoms with Crippen molar-refractivity contribution in [2.75, 3.05) is 18.1 Å². The Morgan fingerprint density at radius 2 is 2.10 bits per heavy atom. The van der Waals surface area contributed by atoms with Crippen LogP contribution >= 0.6 is 11.6 Å². The molecule has 6 heteroatoms. The molecule has 0 bridgehead atoms. The Kier molecular flexibility index (Phi) is 5.50. The van der Waals surface area contributed by atoms with Crippen molar-refractivity contribution in [3.63, 3.8) is 0 Å². The molecule has 0 spiro atoms. The number of benzene rings is 1. The number of aliphatic hydroxyl groups is 1. The van der Waals surface area contributed by atoms with Gasteiger partial charge in [-0.1, -0.05) is 23.7 Å². The van der Waals surface area contributed by atoms with Gasteiger partial charge in [-0.3, -0.25) is 0 Å². The fraction of sp³-hybridized carbons (Fsp3) is 0.267. The summed E-state index contributed by atoms with van der Waals surface area (Å²) >= 11 is 6.00. The standard InChI is InChI=1S/C15H15ClN4O/c16-13-4-1-3-12(9-13)11-20(7-2-8-21)15-6-5-14(10-17)18-19-15/h1,3-6,9,21H,2,7-8,11H2. The van der Waals surface area contributed by atoms with Crippen molar-refractivity contribution in [3.8, 4) is 6.07 Å². The Morgan fingerprint density at radius 1 is 1.24 bits per heavy atom. The molecule has 0 aliphatic carbocycles. The Bertz CT molecular complexity index is 624. The van der Waals surface area contributed by atoms with Crippen molar-refractivity contribution in [1.29, 1.82) is 5.26 Å². The van der Waals surface area contributed by atoms with E-state index in [2.05, 4.69) is 10.2 Å². The zero-order valence-corrected chi connectivity index (χ0v) is 12.2. The lowest BCUT2D eigenvalue weighted by Crippen LogP contribution is -2.25. The number of aliphatic hydroxyl groups excluding tert-OH is 1. The van der Waals surface area contributed by atoms with Gasteiger partial charge in [0.05, 0.1) is 0 Å². The summed E-state index contributed by atoms with van der Waals surface area (Å²) in [6.07, 6.45) is 0.627. The molecule has 1 aromatic heterocycles. The summed E-state index contributed by atoms with van der Waals surface area (Å²) in [6.45, 7) is 1.36. The highest BCUT2D eigenvalue weighted by atomic mass is 35.5. The van der Waals surface area contributed by atoms with Gasteiger partial charge in [-0.05, 0) is 36.2 Å². The van der Waals surface area contributed by atoms with Crippen LogP contribution < -0.4 is 4.90 Å². The quantitative estimate of drug-likeness (QED) is 0.887. The molecule has 2 aromatic rings. The van der Waals surface area contributed by atoms with Gasteiger partial charge >= 0.3 is 0 Å². The fourth-order valence-electron chi connectivity index (χ4n) is 1.95. The number of aromatic nitrogens is 2. The van der Waals surface area contributed by atoms with Crippen LogP contribution in [-0.2, 0) is 6.54 Å². The minimum Gasteiger partial charge on any atom is -0.396 e. The summed E-state index contributed by atoms with van der Waals surface area (Å²) in [4.78, 5) is 2.00. The van der Waals surface area contributed by atoms with E-state index in [1.54, 1.807) is 12.1 Å². The van der Waals surface area contributed by atoms with Gasteiger partial charge in [0.15, 0.2) is 11.5 Å². The number of nitriles is 1. The van der Waals surface area contributed by atoms with E-state index >= 15 is 0 Å². The molecule has 5 nitrogen and oxygen atoms in total. The van der Waals surface area contributed by atoms with Crippen LogP contribution in [0.4, 0.5) is 5.82 Å². The molecular formula is C15H15ClN4O. The topological polar surface area (TPSA) is 73.0 Å². The van der Waals surface area contributed by atoms with E-state index in [1.165, 1.54) is 0 Å². The largest absolute Gasteiger partial charge is 0.396 e. The van der Waals surface area contributed by atoms with Crippen molar-refractivity contribution >= 4 is 17.4 Å². The van der Waals surface area contributed by atoms with E-state index in [0.29, 0.717) is 30.4 Å². The summed E-state index contributed by atoms with van der Waals surface area (Å²) in [5.74, 6) is 0.669. The van der Waals surface area contributed by atoms with Crippen molar-refractivity contribution in [1.82, 2.24) is 10.2 Å².